The average molecular weight is 392 g/mol. The van der Waals surface area contributed by atoms with E-state index < -0.39 is 29.4 Å². The van der Waals surface area contributed by atoms with Crippen molar-refractivity contribution in [2.75, 3.05) is 12.0 Å². The summed E-state index contributed by atoms with van der Waals surface area (Å²) in [5.41, 5.74) is 2.18. The van der Waals surface area contributed by atoms with Crippen LogP contribution in [0.15, 0.2) is 48.5 Å². The summed E-state index contributed by atoms with van der Waals surface area (Å²) >= 11 is 0. The number of nitrogens with zero attached hydrogens (tertiary/aromatic N) is 1. The Hall–Kier alpha value is -2.99. The number of benzene rings is 2. The number of imide groups is 1. The number of esters is 1. The van der Waals surface area contributed by atoms with Gasteiger partial charge in [0.1, 0.15) is 5.54 Å². The summed E-state index contributed by atoms with van der Waals surface area (Å²) in [7, 11) is 1.29. The van der Waals surface area contributed by atoms with Crippen LogP contribution in [0.3, 0.4) is 0 Å². The Bertz CT molecular complexity index is 1000. The fourth-order valence-corrected chi connectivity index (χ4v) is 4.64. The van der Waals surface area contributed by atoms with Gasteiger partial charge in [-0.2, -0.15) is 0 Å². The summed E-state index contributed by atoms with van der Waals surface area (Å²) in [5.74, 6) is -2.74. The Morgan fingerprint density at radius 3 is 2.34 bits per heavy atom. The van der Waals surface area contributed by atoms with Gasteiger partial charge in [0.05, 0.1) is 24.6 Å². The van der Waals surface area contributed by atoms with Crippen molar-refractivity contribution in [3.63, 3.8) is 0 Å². The van der Waals surface area contributed by atoms with E-state index in [1.54, 1.807) is 19.1 Å². The lowest BCUT2D eigenvalue weighted by Gasteiger charge is -2.28. The molecule has 0 aromatic heterocycles. The van der Waals surface area contributed by atoms with Gasteiger partial charge in [-0.25, -0.2) is 4.90 Å². The maximum atomic E-state index is 13.5. The molecule has 1 N–H and O–H groups in total. The van der Waals surface area contributed by atoms with Gasteiger partial charge >= 0.3 is 5.97 Å². The summed E-state index contributed by atoms with van der Waals surface area (Å²) < 4.78 is 5.01. The van der Waals surface area contributed by atoms with E-state index in [0.717, 1.165) is 16.7 Å². The minimum absolute atomic E-state index is 0.296. The highest BCUT2D eigenvalue weighted by Crippen LogP contribution is 2.50. The third kappa shape index (κ3) is 2.86. The highest BCUT2D eigenvalue weighted by Gasteiger charge is 2.67. The minimum Gasteiger partial charge on any atom is -0.468 e. The van der Waals surface area contributed by atoms with E-state index in [1.807, 2.05) is 50.2 Å². The van der Waals surface area contributed by atoms with Crippen molar-refractivity contribution in [2.45, 2.75) is 32.4 Å². The number of nitrogens with one attached hydrogen (secondary N) is 1. The molecule has 0 bridgehead atoms. The summed E-state index contributed by atoms with van der Waals surface area (Å²) in [4.78, 5) is 40.8. The summed E-state index contributed by atoms with van der Waals surface area (Å²) in [6, 6.07) is 14.5. The van der Waals surface area contributed by atoms with Crippen LogP contribution < -0.4 is 10.2 Å². The standard InChI is InChI=1S/C23H24N2O4/c1-13-8-10-16(11-9-13)25-20(26)17-18(21(25)27)23(3,22(28)29-4)24-19(17)15-7-5-6-14(2)12-15/h5-12,17-19,24H,1-4H3. The van der Waals surface area contributed by atoms with Crippen molar-refractivity contribution in [1.82, 2.24) is 5.32 Å². The number of carbonyl (C=O) groups is 3. The van der Waals surface area contributed by atoms with Crippen molar-refractivity contribution in [2.24, 2.45) is 11.8 Å². The fraction of sp³-hybridized carbons (Fsp3) is 0.348. The van der Waals surface area contributed by atoms with Crippen molar-refractivity contribution in [3.05, 3.63) is 65.2 Å². The smallest absolute Gasteiger partial charge is 0.326 e. The molecule has 2 aliphatic rings. The average Bonchev–Trinajstić information content (AvgIpc) is 3.16. The molecule has 2 fully saturated rings. The highest BCUT2D eigenvalue weighted by molar-refractivity contribution is 6.24. The van der Waals surface area contributed by atoms with Crippen molar-refractivity contribution in [1.29, 1.82) is 0 Å². The van der Waals surface area contributed by atoms with E-state index in [2.05, 4.69) is 5.32 Å². The number of fused-ring (bicyclic) bond motifs is 1. The van der Waals surface area contributed by atoms with Crippen molar-refractivity contribution in [3.8, 4) is 0 Å². The van der Waals surface area contributed by atoms with Gasteiger partial charge in [0, 0.05) is 6.04 Å². The molecule has 0 saturated carbocycles. The molecule has 6 nitrogen and oxygen atoms in total. The molecule has 4 atom stereocenters. The summed E-state index contributed by atoms with van der Waals surface area (Å²) in [6.45, 7) is 5.56. The third-order valence-electron chi connectivity index (χ3n) is 6.09. The molecule has 2 aromatic carbocycles. The monoisotopic (exact) mass is 392 g/mol. The quantitative estimate of drug-likeness (QED) is 0.642. The van der Waals surface area contributed by atoms with Crippen LogP contribution in [0.25, 0.3) is 0 Å². The third-order valence-corrected chi connectivity index (χ3v) is 6.09. The fourth-order valence-electron chi connectivity index (χ4n) is 4.64. The van der Waals surface area contributed by atoms with Crippen LogP contribution in [0.5, 0.6) is 0 Å². The zero-order chi connectivity index (χ0) is 20.9. The Balaban J connectivity index is 1.83. The number of ether oxygens (including phenoxy) is 1. The van der Waals surface area contributed by atoms with Crippen LogP contribution in [-0.4, -0.2) is 30.4 Å². The second kappa shape index (κ2) is 6.81. The highest BCUT2D eigenvalue weighted by atomic mass is 16.5. The second-order valence-corrected chi connectivity index (χ2v) is 8.08. The molecule has 0 aliphatic carbocycles. The van der Waals surface area contributed by atoms with E-state index in [0.29, 0.717) is 5.69 Å². The lowest BCUT2D eigenvalue weighted by molar-refractivity contribution is -0.151. The number of anilines is 1. The number of aryl methyl sites for hydroxylation is 2. The first-order valence-electron chi connectivity index (χ1n) is 9.65. The summed E-state index contributed by atoms with van der Waals surface area (Å²) in [6.07, 6.45) is 0. The normalized spacial score (nSPS) is 28.6. The first-order chi connectivity index (χ1) is 13.8. The second-order valence-electron chi connectivity index (χ2n) is 8.08. The first kappa shape index (κ1) is 19.3. The first-order valence-corrected chi connectivity index (χ1v) is 9.65. The van der Waals surface area contributed by atoms with Crippen molar-refractivity contribution >= 4 is 23.5 Å². The van der Waals surface area contributed by atoms with Crippen LogP contribution in [0.1, 0.15) is 29.7 Å². The maximum Gasteiger partial charge on any atom is 0.326 e. The van der Waals surface area contributed by atoms with Gasteiger partial charge < -0.3 is 4.74 Å². The van der Waals surface area contributed by atoms with E-state index in [-0.39, 0.29) is 11.8 Å². The van der Waals surface area contributed by atoms with Gasteiger partial charge in [0.25, 0.3) is 0 Å². The van der Waals surface area contributed by atoms with E-state index in [1.165, 1.54) is 12.0 Å². The Kier molecular flexibility index (Phi) is 4.54. The Morgan fingerprint density at radius 1 is 1.03 bits per heavy atom. The molecule has 2 saturated heterocycles. The number of rotatable bonds is 3. The van der Waals surface area contributed by atoms with Gasteiger partial charge in [0.15, 0.2) is 0 Å². The van der Waals surface area contributed by atoms with Crippen LogP contribution in [0.4, 0.5) is 5.69 Å². The molecule has 2 aliphatic heterocycles. The Labute approximate surface area is 169 Å². The lowest BCUT2D eigenvalue weighted by Crippen LogP contribution is -2.54. The van der Waals surface area contributed by atoms with Gasteiger partial charge in [-0.1, -0.05) is 47.5 Å². The van der Waals surface area contributed by atoms with Crippen LogP contribution in [0.2, 0.25) is 0 Å². The number of carbonyl (C=O) groups excluding carboxylic acids is 3. The number of amides is 2. The molecule has 6 heteroatoms. The number of hydrogen-bond donors (Lipinski definition) is 1. The van der Waals surface area contributed by atoms with Gasteiger partial charge in [-0.05, 0) is 38.5 Å². The predicted octanol–water partition coefficient (Wildman–Crippen LogP) is 2.69. The number of methoxy groups -OCH3 is 1. The van der Waals surface area contributed by atoms with E-state index in [9.17, 15) is 14.4 Å². The molecule has 2 heterocycles. The topological polar surface area (TPSA) is 75.7 Å². The predicted molar refractivity (Wildman–Crippen MR) is 108 cm³/mol. The summed E-state index contributed by atoms with van der Waals surface area (Å²) in [5, 5.41) is 3.26. The zero-order valence-corrected chi connectivity index (χ0v) is 16.9. The molecular formula is C23H24N2O4. The molecule has 0 spiro atoms. The molecule has 0 radical (unpaired) electrons. The minimum atomic E-state index is -1.29. The van der Waals surface area contributed by atoms with Gasteiger partial charge in [0.2, 0.25) is 11.8 Å². The Morgan fingerprint density at radius 2 is 1.72 bits per heavy atom. The molecule has 4 unspecified atom stereocenters. The molecule has 2 aromatic rings. The SMILES string of the molecule is COC(=O)C1(C)NC(c2cccc(C)c2)C2C(=O)N(c3ccc(C)cc3)C(=O)C21. The van der Waals surface area contributed by atoms with E-state index in [4.69, 9.17) is 4.74 Å². The molecule has 29 heavy (non-hydrogen) atoms. The zero-order valence-electron chi connectivity index (χ0n) is 16.9. The largest absolute Gasteiger partial charge is 0.468 e. The van der Waals surface area contributed by atoms with Crippen LogP contribution in [0, 0.1) is 25.7 Å². The number of hydrogen-bond acceptors (Lipinski definition) is 5. The molecule has 4 rings (SSSR count). The molecule has 150 valence electrons. The van der Waals surface area contributed by atoms with Gasteiger partial charge in [-0.3, -0.25) is 19.7 Å². The van der Waals surface area contributed by atoms with Gasteiger partial charge in [-0.15, -0.1) is 0 Å². The van der Waals surface area contributed by atoms with Crippen molar-refractivity contribution < 1.29 is 19.1 Å². The maximum absolute atomic E-state index is 13.5. The van der Waals surface area contributed by atoms with Crippen LogP contribution >= 0.6 is 0 Å². The molecular weight excluding hydrogens is 368 g/mol. The van der Waals surface area contributed by atoms with Crippen LogP contribution in [-0.2, 0) is 19.1 Å². The lowest BCUT2D eigenvalue weighted by atomic mass is 9.80. The molecule has 2 amide bonds. The van der Waals surface area contributed by atoms with E-state index >= 15 is 0 Å².